The fraction of sp³-hybridized carbons (Fsp3) is 0.290. The van der Waals surface area contributed by atoms with E-state index in [0.717, 1.165) is 53.5 Å². The third-order valence-corrected chi connectivity index (χ3v) is 8.97. The van der Waals surface area contributed by atoms with Crippen LogP contribution in [0, 0.1) is 11.3 Å². The molecule has 0 saturated carbocycles. The number of hydrogen-bond donors (Lipinski definition) is 1. The second kappa shape index (κ2) is 9.58. The maximum absolute atomic E-state index is 14.2. The molecule has 1 N–H and O–H groups in total. The summed E-state index contributed by atoms with van der Waals surface area (Å²) in [6, 6.07) is 17.4. The molecule has 6 rings (SSSR count). The molecule has 0 spiro atoms. The molecule has 3 aromatic carbocycles. The summed E-state index contributed by atoms with van der Waals surface area (Å²) in [7, 11) is -2.79. The molecule has 40 heavy (non-hydrogen) atoms. The molecule has 0 radical (unpaired) electrons. The lowest BCUT2D eigenvalue weighted by molar-refractivity contribution is 0.226. The average molecular weight is 557 g/mol. The number of halogens is 1. The Hall–Kier alpha value is -4.00. The predicted octanol–water partition coefficient (Wildman–Crippen LogP) is 6.22. The Morgan fingerprint density at radius 2 is 1.80 bits per heavy atom. The summed E-state index contributed by atoms with van der Waals surface area (Å²) in [4.78, 5) is 19.5. The number of fused-ring (bicyclic) bond motifs is 4. The summed E-state index contributed by atoms with van der Waals surface area (Å²) in [6.07, 6.45) is 1.78. The van der Waals surface area contributed by atoms with Gasteiger partial charge in [-0.3, -0.25) is 4.79 Å². The van der Waals surface area contributed by atoms with Crippen molar-refractivity contribution in [3.63, 3.8) is 0 Å². The number of aromatic nitrogens is 2. The number of pyridine rings is 1. The molecule has 0 unspecified atom stereocenters. The van der Waals surface area contributed by atoms with Crippen molar-refractivity contribution in [2.75, 3.05) is 20.1 Å². The van der Waals surface area contributed by atoms with E-state index in [9.17, 15) is 22.4 Å². The lowest BCUT2D eigenvalue weighted by Crippen LogP contribution is -2.32. The zero-order valence-corrected chi connectivity index (χ0v) is 23.3. The number of aromatic amines is 1. The molecular formula is C31H29FN4O3S. The number of H-pyrrole nitrogens is 1. The topological polar surface area (TPSA) is 99.0 Å². The van der Waals surface area contributed by atoms with E-state index in [1.165, 1.54) is 18.2 Å². The first kappa shape index (κ1) is 26.2. The van der Waals surface area contributed by atoms with Gasteiger partial charge in [-0.2, -0.15) is 13.7 Å². The van der Waals surface area contributed by atoms with Gasteiger partial charge in [0.15, 0.2) is 5.43 Å². The van der Waals surface area contributed by atoms with Crippen LogP contribution in [0.5, 0.6) is 0 Å². The van der Waals surface area contributed by atoms with Gasteiger partial charge in [-0.05, 0) is 92.0 Å². The molecule has 2 aromatic heterocycles. The molecule has 1 aliphatic rings. The summed E-state index contributed by atoms with van der Waals surface area (Å²) >= 11 is 0. The van der Waals surface area contributed by atoms with Gasteiger partial charge in [0.25, 0.3) is 0 Å². The van der Waals surface area contributed by atoms with E-state index < -0.39 is 15.1 Å². The highest BCUT2D eigenvalue weighted by Crippen LogP contribution is 2.38. The van der Waals surface area contributed by atoms with Gasteiger partial charge in [0.2, 0.25) is 0 Å². The standard InChI is InChI=1S/C31H29FN4O3S/c1-18(2)24-15-26-28(16-25(24)20-5-4-6-22(14-20)40(32,38)39)36(21-9-11-35(3)12-10-21)31-29(30(26)37)23-8-7-19(17-33)13-27(23)34-31/h4-8,13-16,18,21,34H,9-12H2,1-3H3. The van der Waals surface area contributed by atoms with Crippen molar-refractivity contribution in [2.24, 2.45) is 0 Å². The van der Waals surface area contributed by atoms with Gasteiger partial charge in [0, 0.05) is 22.3 Å². The van der Waals surface area contributed by atoms with Crippen molar-refractivity contribution in [1.29, 1.82) is 5.26 Å². The summed E-state index contributed by atoms with van der Waals surface area (Å²) < 4.78 is 39.6. The number of nitrogens with zero attached hydrogens (tertiary/aromatic N) is 3. The second-order valence-corrected chi connectivity index (χ2v) is 12.4. The van der Waals surface area contributed by atoms with Crippen LogP contribution >= 0.6 is 0 Å². The Bertz CT molecular complexity index is 2030. The van der Waals surface area contributed by atoms with E-state index in [1.54, 1.807) is 18.2 Å². The largest absolute Gasteiger partial charge is 0.340 e. The molecule has 5 aromatic rings. The van der Waals surface area contributed by atoms with Crippen LogP contribution in [-0.4, -0.2) is 43.0 Å². The van der Waals surface area contributed by atoms with Crippen molar-refractivity contribution in [1.82, 2.24) is 14.5 Å². The van der Waals surface area contributed by atoms with Crippen LogP contribution in [0.4, 0.5) is 3.89 Å². The van der Waals surface area contributed by atoms with Crippen molar-refractivity contribution in [2.45, 2.75) is 43.5 Å². The van der Waals surface area contributed by atoms with Crippen LogP contribution in [0.1, 0.15) is 49.8 Å². The van der Waals surface area contributed by atoms with Gasteiger partial charge >= 0.3 is 10.2 Å². The summed E-state index contributed by atoms with van der Waals surface area (Å²) in [5, 5.41) is 11.4. The smallest absolute Gasteiger partial charge is 0.332 e. The average Bonchev–Trinajstić information content (AvgIpc) is 3.31. The quantitative estimate of drug-likeness (QED) is 0.265. The SMILES string of the molecule is CC(C)c1cc2c(=O)c3c4ccc(C#N)cc4[nH]c3n(C3CCN(C)CC3)c2cc1-c1cccc(S(=O)(=O)F)c1. The van der Waals surface area contributed by atoms with E-state index in [2.05, 4.69) is 27.6 Å². The molecule has 9 heteroatoms. The number of nitrogens with one attached hydrogen (secondary N) is 1. The lowest BCUT2D eigenvalue weighted by Gasteiger charge is -2.32. The lowest BCUT2D eigenvalue weighted by atomic mass is 9.90. The predicted molar refractivity (Wildman–Crippen MR) is 156 cm³/mol. The fourth-order valence-electron chi connectivity index (χ4n) is 6.08. The Morgan fingerprint density at radius 3 is 2.48 bits per heavy atom. The zero-order valence-electron chi connectivity index (χ0n) is 22.5. The highest BCUT2D eigenvalue weighted by Gasteiger charge is 2.26. The van der Waals surface area contributed by atoms with E-state index in [0.29, 0.717) is 27.5 Å². The van der Waals surface area contributed by atoms with Crippen LogP contribution in [0.25, 0.3) is 44.0 Å². The zero-order chi connectivity index (χ0) is 28.3. The minimum absolute atomic E-state index is 0.0121. The summed E-state index contributed by atoms with van der Waals surface area (Å²) in [5.74, 6) is 0.0121. The Balaban J connectivity index is 1.74. The minimum Gasteiger partial charge on any atom is -0.340 e. The third kappa shape index (κ3) is 4.28. The molecule has 7 nitrogen and oxygen atoms in total. The highest BCUT2D eigenvalue weighted by atomic mass is 32.3. The normalized spacial score (nSPS) is 15.4. The fourth-order valence-corrected chi connectivity index (χ4v) is 6.59. The number of benzene rings is 3. The molecule has 0 atom stereocenters. The Morgan fingerprint density at radius 1 is 1.05 bits per heavy atom. The Labute approximate surface area is 231 Å². The summed E-state index contributed by atoms with van der Waals surface area (Å²) in [5.41, 5.74) is 4.80. The number of piperidine rings is 1. The van der Waals surface area contributed by atoms with Crippen LogP contribution < -0.4 is 5.43 Å². The van der Waals surface area contributed by atoms with E-state index in [-0.39, 0.29) is 17.4 Å². The molecular weight excluding hydrogens is 527 g/mol. The van der Waals surface area contributed by atoms with E-state index in [4.69, 9.17) is 0 Å². The van der Waals surface area contributed by atoms with Gasteiger partial charge in [-0.1, -0.05) is 32.0 Å². The second-order valence-electron chi connectivity index (χ2n) is 11.0. The van der Waals surface area contributed by atoms with Crippen LogP contribution in [0.2, 0.25) is 0 Å². The number of hydrogen-bond acceptors (Lipinski definition) is 5. The maximum Gasteiger partial charge on any atom is 0.332 e. The maximum atomic E-state index is 14.2. The molecule has 1 aliphatic heterocycles. The van der Waals surface area contributed by atoms with Crippen molar-refractivity contribution >= 4 is 43.1 Å². The molecule has 204 valence electrons. The van der Waals surface area contributed by atoms with Gasteiger partial charge in [-0.25, -0.2) is 0 Å². The molecule has 0 amide bonds. The first-order valence-electron chi connectivity index (χ1n) is 13.4. The molecule has 0 aliphatic carbocycles. The van der Waals surface area contributed by atoms with Gasteiger partial charge in [-0.15, -0.1) is 3.89 Å². The van der Waals surface area contributed by atoms with Crippen molar-refractivity contribution < 1.29 is 12.3 Å². The minimum atomic E-state index is -4.88. The van der Waals surface area contributed by atoms with E-state index >= 15 is 0 Å². The van der Waals surface area contributed by atoms with Crippen molar-refractivity contribution in [3.8, 4) is 17.2 Å². The molecule has 1 fully saturated rings. The molecule has 0 bridgehead atoms. The van der Waals surface area contributed by atoms with Gasteiger partial charge < -0.3 is 14.5 Å². The van der Waals surface area contributed by atoms with Gasteiger partial charge in [0.1, 0.15) is 5.65 Å². The first-order chi connectivity index (χ1) is 19.1. The van der Waals surface area contributed by atoms with E-state index in [1.807, 2.05) is 32.0 Å². The summed E-state index contributed by atoms with van der Waals surface area (Å²) in [6.45, 7) is 5.85. The third-order valence-electron chi connectivity index (χ3n) is 8.15. The first-order valence-corrected chi connectivity index (χ1v) is 14.8. The number of likely N-dealkylation sites (tertiary alicyclic amines) is 1. The molecule has 3 heterocycles. The molecule has 1 saturated heterocycles. The highest BCUT2D eigenvalue weighted by molar-refractivity contribution is 7.86. The van der Waals surface area contributed by atoms with Crippen molar-refractivity contribution in [3.05, 3.63) is 75.9 Å². The number of nitriles is 1. The van der Waals surface area contributed by atoms with Crippen LogP contribution in [0.15, 0.2) is 64.3 Å². The monoisotopic (exact) mass is 556 g/mol. The van der Waals surface area contributed by atoms with Gasteiger partial charge in [0.05, 0.1) is 27.4 Å². The van der Waals surface area contributed by atoms with Crippen LogP contribution in [0.3, 0.4) is 0 Å². The van der Waals surface area contributed by atoms with Crippen LogP contribution in [-0.2, 0) is 10.2 Å². The Kier molecular flexibility index (Phi) is 6.28. The number of rotatable bonds is 4.